The Bertz CT molecular complexity index is 764. The molecule has 2 aliphatic heterocycles. The fourth-order valence-corrected chi connectivity index (χ4v) is 4.32. The number of carbonyl (C=O) groups excluding carboxylic acids is 3. The highest BCUT2D eigenvalue weighted by atomic mass is 32.2. The summed E-state index contributed by atoms with van der Waals surface area (Å²) in [6.45, 7) is 5.98. The Labute approximate surface area is 187 Å². The predicted molar refractivity (Wildman–Crippen MR) is 118 cm³/mol. The fourth-order valence-electron chi connectivity index (χ4n) is 3.78. The van der Waals surface area contributed by atoms with E-state index in [1.54, 1.807) is 12.3 Å². The van der Waals surface area contributed by atoms with Gasteiger partial charge in [0.25, 0.3) is 5.91 Å². The molecular formula is C21H31N5O4S. The van der Waals surface area contributed by atoms with E-state index in [0.29, 0.717) is 51.5 Å². The van der Waals surface area contributed by atoms with Crippen LogP contribution in [0.1, 0.15) is 23.2 Å². The lowest BCUT2D eigenvalue weighted by Gasteiger charge is -2.32. The van der Waals surface area contributed by atoms with E-state index in [9.17, 15) is 14.4 Å². The molecule has 1 aromatic heterocycles. The van der Waals surface area contributed by atoms with E-state index in [0.717, 1.165) is 31.0 Å². The maximum Gasteiger partial charge on any atom is 0.309 e. The number of nitrogens with one attached hydrogen (secondary N) is 2. The quantitative estimate of drug-likeness (QED) is 0.453. The molecule has 2 aliphatic rings. The Morgan fingerprint density at radius 3 is 2.55 bits per heavy atom. The summed E-state index contributed by atoms with van der Waals surface area (Å²) in [6.07, 6.45) is 5.18. The molecule has 0 radical (unpaired) electrons. The summed E-state index contributed by atoms with van der Waals surface area (Å²) in [5.74, 6) is -0.940. The van der Waals surface area contributed by atoms with Gasteiger partial charge < -0.3 is 20.3 Å². The molecule has 0 atom stereocenters. The number of hydrogen-bond donors (Lipinski definition) is 2. The Morgan fingerprint density at radius 1 is 1.13 bits per heavy atom. The van der Waals surface area contributed by atoms with Gasteiger partial charge in [-0.2, -0.15) is 0 Å². The number of likely N-dealkylation sites (tertiary alicyclic amines) is 1. The average Bonchev–Trinajstić information content (AvgIpc) is 2.83. The van der Waals surface area contributed by atoms with Crippen LogP contribution in [0, 0.1) is 5.92 Å². The molecule has 0 spiro atoms. The lowest BCUT2D eigenvalue weighted by Crippen LogP contribution is -2.47. The van der Waals surface area contributed by atoms with Crippen molar-refractivity contribution >= 4 is 29.5 Å². The van der Waals surface area contributed by atoms with Gasteiger partial charge in [-0.15, -0.1) is 11.8 Å². The number of piperidine rings is 1. The topological polar surface area (TPSA) is 104 Å². The molecule has 170 valence electrons. The van der Waals surface area contributed by atoms with Gasteiger partial charge in [-0.3, -0.25) is 19.3 Å². The summed E-state index contributed by atoms with van der Waals surface area (Å²) < 4.78 is 5.29. The van der Waals surface area contributed by atoms with Gasteiger partial charge in [0.05, 0.1) is 18.8 Å². The molecule has 3 rings (SSSR count). The van der Waals surface area contributed by atoms with Gasteiger partial charge in [0.15, 0.2) is 0 Å². The van der Waals surface area contributed by atoms with E-state index in [1.807, 2.05) is 17.2 Å². The lowest BCUT2D eigenvalue weighted by molar-refractivity contribution is -0.139. The van der Waals surface area contributed by atoms with Gasteiger partial charge in [0.2, 0.25) is 0 Å². The van der Waals surface area contributed by atoms with Gasteiger partial charge >= 0.3 is 11.8 Å². The van der Waals surface area contributed by atoms with Crippen molar-refractivity contribution in [3.8, 4) is 0 Å². The smallest absolute Gasteiger partial charge is 0.309 e. The number of nitrogens with zero attached hydrogens (tertiary/aromatic N) is 3. The van der Waals surface area contributed by atoms with Crippen LogP contribution in [-0.2, 0) is 14.3 Å². The van der Waals surface area contributed by atoms with Crippen LogP contribution in [0.15, 0.2) is 23.4 Å². The van der Waals surface area contributed by atoms with Crippen LogP contribution >= 0.6 is 11.8 Å². The highest BCUT2D eigenvalue weighted by Crippen LogP contribution is 2.22. The molecule has 31 heavy (non-hydrogen) atoms. The second kappa shape index (κ2) is 12.0. The van der Waals surface area contributed by atoms with E-state index < -0.39 is 11.8 Å². The van der Waals surface area contributed by atoms with Crippen LogP contribution < -0.4 is 10.6 Å². The first-order chi connectivity index (χ1) is 15.1. The van der Waals surface area contributed by atoms with Gasteiger partial charge in [-0.1, -0.05) is 0 Å². The monoisotopic (exact) mass is 449 g/mol. The molecular weight excluding hydrogens is 418 g/mol. The fraction of sp³-hybridized carbons (Fsp3) is 0.619. The summed E-state index contributed by atoms with van der Waals surface area (Å²) in [6, 6.07) is 3.59. The Hall–Kier alpha value is -2.17. The SMILES string of the molecule is CSc1ncccc1C(=O)N1CCC(CNC(=O)C(=O)NCCN2CCOCC2)CC1. The van der Waals surface area contributed by atoms with Crippen molar-refractivity contribution in [2.45, 2.75) is 17.9 Å². The van der Waals surface area contributed by atoms with Crippen molar-refractivity contribution in [2.75, 3.05) is 65.3 Å². The van der Waals surface area contributed by atoms with Gasteiger partial charge in [0, 0.05) is 52.0 Å². The van der Waals surface area contributed by atoms with Crippen LogP contribution in [0.4, 0.5) is 0 Å². The number of pyridine rings is 1. The van der Waals surface area contributed by atoms with Crippen LogP contribution in [0.5, 0.6) is 0 Å². The highest BCUT2D eigenvalue weighted by molar-refractivity contribution is 7.98. The zero-order chi connectivity index (χ0) is 22.1. The second-order valence-corrected chi connectivity index (χ2v) is 8.51. The third kappa shape index (κ3) is 6.91. The Kier molecular flexibility index (Phi) is 9.11. The molecule has 3 amide bonds. The Balaban J connectivity index is 1.34. The van der Waals surface area contributed by atoms with Crippen molar-refractivity contribution in [1.82, 2.24) is 25.4 Å². The van der Waals surface area contributed by atoms with E-state index in [4.69, 9.17) is 4.74 Å². The number of ether oxygens (including phenoxy) is 1. The third-order valence-electron chi connectivity index (χ3n) is 5.67. The van der Waals surface area contributed by atoms with Crippen LogP contribution in [0.2, 0.25) is 0 Å². The van der Waals surface area contributed by atoms with Crippen molar-refractivity contribution in [2.24, 2.45) is 5.92 Å². The maximum absolute atomic E-state index is 12.8. The first-order valence-corrected chi connectivity index (χ1v) is 12.0. The minimum atomic E-state index is -0.597. The summed E-state index contributed by atoms with van der Waals surface area (Å²) in [4.78, 5) is 45.2. The molecule has 2 fully saturated rings. The summed E-state index contributed by atoms with van der Waals surface area (Å²) in [7, 11) is 0. The summed E-state index contributed by atoms with van der Waals surface area (Å²) in [5.41, 5.74) is 0.635. The number of rotatable bonds is 7. The number of thioether (sulfide) groups is 1. The van der Waals surface area contributed by atoms with Crippen molar-refractivity contribution < 1.29 is 19.1 Å². The molecule has 0 saturated carbocycles. The predicted octanol–water partition coefficient (Wildman–Crippen LogP) is 0.220. The van der Waals surface area contributed by atoms with Crippen molar-refractivity contribution in [1.29, 1.82) is 0 Å². The standard InChI is InChI=1S/C21H31N5O4S/c1-31-20-17(3-2-6-23-20)21(29)26-8-4-16(5-9-26)15-24-19(28)18(27)22-7-10-25-11-13-30-14-12-25/h2-3,6,16H,4-5,7-15H2,1H3,(H,22,27)(H,24,28). The molecule has 1 aromatic rings. The van der Waals surface area contributed by atoms with Gasteiger partial charge in [-0.25, -0.2) is 4.98 Å². The van der Waals surface area contributed by atoms with Crippen molar-refractivity contribution in [3.05, 3.63) is 23.9 Å². The average molecular weight is 450 g/mol. The molecule has 3 heterocycles. The lowest BCUT2D eigenvalue weighted by atomic mass is 9.96. The first kappa shape index (κ1) is 23.5. The van der Waals surface area contributed by atoms with E-state index in [1.165, 1.54) is 11.8 Å². The molecule has 9 nitrogen and oxygen atoms in total. The molecule has 0 unspecified atom stereocenters. The Morgan fingerprint density at radius 2 is 1.84 bits per heavy atom. The number of aromatic nitrogens is 1. The largest absolute Gasteiger partial charge is 0.379 e. The first-order valence-electron chi connectivity index (χ1n) is 10.7. The molecule has 0 aromatic carbocycles. The molecule has 10 heteroatoms. The molecule has 0 bridgehead atoms. The normalized spacial score (nSPS) is 17.9. The summed E-state index contributed by atoms with van der Waals surface area (Å²) in [5, 5.41) is 6.14. The van der Waals surface area contributed by atoms with Gasteiger partial charge in [-0.05, 0) is 37.1 Å². The zero-order valence-corrected chi connectivity index (χ0v) is 18.8. The zero-order valence-electron chi connectivity index (χ0n) is 18.0. The van der Waals surface area contributed by atoms with Crippen molar-refractivity contribution in [3.63, 3.8) is 0 Å². The van der Waals surface area contributed by atoms with Crippen LogP contribution in [0.25, 0.3) is 0 Å². The van der Waals surface area contributed by atoms with Gasteiger partial charge in [0.1, 0.15) is 5.03 Å². The van der Waals surface area contributed by atoms with Crippen LogP contribution in [0.3, 0.4) is 0 Å². The van der Waals surface area contributed by atoms with Crippen LogP contribution in [-0.4, -0.2) is 97.8 Å². The summed E-state index contributed by atoms with van der Waals surface area (Å²) >= 11 is 1.46. The molecule has 0 aliphatic carbocycles. The second-order valence-electron chi connectivity index (χ2n) is 7.72. The number of hydrogen-bond acceptors (Lipinski definition) is 7. The van der Waals surface area contributed by atoms with E-state index in [2.05, 4.69) is 20.5 Å². The minimum Gasteiger partial charge on any atom is -0.379 e. The number of carbonyl (C=O) groups is 3. The molecule has 2 saturated heterocycles. The highest BCUT2D eigenvalue weighted by Gasteiger charge is 2.26. The minimum absolute atomic E-state index is 0.000388. The number of morpholine rings is 1. The van der Waals surface area contributed by atoms with E-state index >= 15 is 0 Å². The molecule has 2 N–H and O–H groups in total. The number of amides is 3. The third-order valence-corrected chi connectivity index (χ3v) is 6.38. The van der Waals surface area contributed by atoms with E-state index in [-0.39, 0.29) is 11.8 Å². The maximum atomic E-state index is 12.8.